The van der Waals surface area contributed by atoms with Gasteiger partial charge in [-0.2, -0.15) is 5.26 Å². The van der Waals surface area contributed by atoms with Gasteiger partial charge in [0.05, 0.1) is 17.9 Å². The van der Waals surface area contributed by atoms with E-state index in [1.54, 1.807) is 18.5 Å². The van der Waals surface area contributed by atoms with Gasteiger partial charge >= 0.3 is 0 Å². The Bertz CT molecular complexity index is 738. The molecule has 0 aliphatic rings. The third-order valence-electron chi connectivity index (χ3n) is 2.82. The first-order valence-corrected chi connectivity index (χ1v) is 6.62. The molecule has 2 rings (SSSR count). The number of aromatic amines is 1. The summed E-state index contributed by atoms with van der Waals surface area (Å²) in [4.78, 5) is 22.9. The van der Waals surface area contributed by atoms with Gasteiger partial charge in [-0.1, -0.05) is 6.08 Å². The summed E-state index contributed by atoms with van der Waals surface area (Å²) >= 11 is 0. The normalized spacial score (nSPS) is 11.7. The lowest BCUT2D eigenvalue weighted by Crippen LogP contribution is -2.07. The van der Waals surface area contributed by atoms with E-state index in [4.69, 9.17) is 10.00 Å². The van der Waals surface area contributed by atoms with Crippen molar-refractivity contribution in [3.63, 3.8) is 0 Å². The summed E-state index contributed by atoms with van der Waals surface area (Å²) in [7, 11) is 0. The number of carbonyl (C=O) groups excluding carboxylic acids is 1. The van der Waals surface area contributed by atoms with Crippen molar-refractivity contribution in [2.24, 2.45) is 0 Å². The van der Waals surface area contributed by atoms with E-state index in [9.17, 15) is 4.79 Å². The number of rotatable bonds is 5. The minimum absolute atomic E-state index is 0.0157. The molecule has 0 atom stereocenters. The fourth-order valence-corrected chi connectivity index (χ4v) is 1.86. The molecule has 0 saturated carbocycles. The molecule has 2 heterocycles. The molecule has 0 fully saturated rings. The Balaban J connectivity index is 2.32. The Hall–Kier alpha value is -2.68. The number of nitrogens with one attached hydrogen (secondary N) is 1. The van der Waals surface area contributed by atoms with Crippen LogP contribution in [-0.2, 0) is 11.2 Å². The van der Waals surface area contributed by atoms with Gasteiger partial charge in [0.25, 0.3) is 0 Å². The van der Waals surface area contributed by atoms with Gasteiger partial charge in [0.1, 0.15) is 11.6 Å². The topological polar surface area (TPSA) is 91.7 Å². The standard InChI is InChI=1S/C15H16N4O2/c1-9(2)21-13-8-18-15-14(19-13)12(7-17-15)5-4-11(6-16)10(3)20/h4,7-9H,5H2,1-3H3,(H,17,18). The Morgan fingerprint density at radius 2 is 2.33 bits per heavy atom. The van der Waals surface area contributed by atoms with E-state index in [0.29, 0.717) is 23.5 Å². The SMILES string of the molecule is CC(=O)C(C#N)=CCc1c[nH]c2ncc(OC(C)C)nc12. The van der Waals surface area contributed by atoms with Crippen LogP contribution in [0.15, 0.2) is 24.0 Å². The second-order valence-corrected chi connectivity index (χ2v) is 4.88. The zero-order valence-electron chi connectivity index (χ0n) is 12.2. The van der Waals surface area contributed by atoms with Crippen molar-refractivity contribution in [3.8, 4) is 11.9 Å². The van der Waals surface area contributed by atoms with Gasteiger partial charge in [-0.3, -0.25) is 4.79 Å². The minimum atomic E-state index is -0.243. The number of hydrogen-bond donors (Lipinski definition) is 1. The average molecular weight is 284 g/mol. The second-order valence-electron chi connectivity index (χ2n) is 4.88. The number of ether oxygens (including phenoxy) is 1. The van der Waals surface area contributed by atoms with E-state index in [1.165, 1.54) is 6.92 Å². The minimum Gasteiger partial charge on any atom is -0.474 e. The maximum absolute atomic E-state index is 11.2. The molecular weight excluding hydrogens is 268 g/mol. The van der Waals surface area contributed by atoms with Crippen molar-refractivity contribution in [2.75, 3.05) is 0 Å². The van der Waals surface area contributed by atoms with Crippen LogP contribution in [-0.4, -0.2) is 26.8 Å². The molecule has 6 heteroatoms. The van der Waals surface area contributed by atoms with Crippen molar-refractivity contribution in [2.45, 2.75) is 33.3 Å². The molecule has 6 nitrogen and oxygen atoms in total. The van der Waals surface area contributed by atoms with Crippen molar-refractivity contribution in [3.05, 3.63) is 29.6 Å². The smallest absolute Gasteiger partial charge is 0.233 e. The lowest BCUT2D eigenvalue weighted by molar-refractivity contribution is -0.113. The number of ketones is 1. The summed E-state index contributed by atoms with van der Waals surface area (Å²) in [5.74, 6) is 0.210. The number of aromatic nitrogens is 3. The van der Waals surface area contributed by atoms with E-state index >= 15 is 0 Å². The summed E-state index contributed by atoms with van der Waals surface area (Å²) < 4.78 is 5.52. The molecule has 0 aliphatic carbocycles. The molecule has 2 aromatic heterocycles. The van der Waals surface area contributed by atoms with Crippen LogP contribution in [0.4, 0.5) is 0 Å². The molecule has 0 radical (unpaired) electrons. The zero-order chi connectivity index (χ0) is 15.4. The lowest BCUT2D eigenvalue weighted by Gasteiger charge is -2.07. The predicted molar refractivity (Wildman–Crippen MR) is 77.7 cm³/mol. The summed E-state index contributed by atoms with van der Waals surface area (Å²) in [5, 5.41) is 8.89. The van der Waals surface area contributed by atoms with Gasteiger partial charge in [0, 0.05) is 11.8 Å². The lowest BCUT2D eigenvalue weighted by atomic mass is 10.1. The van der Waals surface area contributed by atoms with E-state index in [2.05, 4.69) is 15.0 Å². The van der Waals surface area contributed by atoms with Gasteiger partial charge in [-0.05, 0) is 27.2 Å². The van der Waals surface area contributed by atoms with Gasteiger partial charge in [-0.15, -0.1) is 0 Å². The van der Waals surface area contributed by atoms with Crippen molar-refractivity contribution < 1.29 is 9.53 Å². The summed E-state index contributed by atoms with van der Waals surface area (Å²) in [6, 6.07) is 1.89. The Morgan fingerprint density at radius 1 is 1.57 bits per heavy atom. The van der Waals surface area contributed by atoms with Crippen LogP contribution >= 0.6 is 0 Å². The molecule has 2 aromatic rings. The summed E-state index contributed by atoms with van der Waals surface area (Å²) in [6.45, 7) is 5.20. The average Bonchev–Trinajstić information content (AvgIpc) is 2.81. The molecule has 0 unspecified atom stereocenters. The first-order chi connectivity index (χ1) is 10.0. The molecule has 21 heavy (non-hydrogen) atoms. The first-order valence-electron chi connectivity index (χ1n) is 6.62. The fraction of sp³-hybridized carbons (Fsp3) is 0.333. The molecule has 0 aromatic carbocycles. The van der Waals surface area contributed by atoms with Crippen LogP contribution in [0.25, 0.3) is 11.2 Å². The van der Waals surface area contributed by atoms with Crippen LogP contribution in [0, 0.1) is 11.3 Å². The molecule has 0 amide bonds. The number of Topliss-reactive ketones (excluding diaryl/α,β-unsaturated/α-hetero) is 1. The van der Waals surface area contributed by atoms with Gasteiger partial charge < -0.3 is 9.72 Å². The van der Waals surface area contributed by atoms with Gasteiger partial charge in [0.2, 0.25) is 5.88 Å². The van der Waals surface area contributed by atoms with Crippen molar-refractivity contribution in [1.82, 2.24) is 15.0 Å². The third-order valence-corrected chi connectivity index (χ3v) is 2.82. The van der Waals surface area contributed by atoms with Crippen molar-refractivity contribution >= 4 is 16.9 Å². The summed E-state index contributed by atoms with van der Waals surface area (Å²) in [6.07, 6.45) is 5.39. The number of carbonyl (C=O) groups is 1. The molecule has 1 N–H and O–H groups in total. The highest BCUT2D eigenvalue weighted by molar-refractivity contribution is 5.97. The van der Waals surface area contributed by atoms with E-state index in [1.807, 2.05) is 19.9 Å². The number of fused-ring (bicyclic) bond motifs is 1. The maximum Gasteiger partial charge on any atom is 0.233 e. The fourth-order valence-electron chi connectivity index (χ4n) is 1.86. The largest absolute Gasteiger partial charge is 0.474 e. The van der Waals surface area contributed by atoms with Crippen LogP contribution < -0.4 is 4.74 Å². The van der Waals surface area contributed by atoms with Gasteiger partial charge in [0.15, 0.2) is 11.4 Å². The number of nitriles is 1. The zero-order valence-corrected chi connectivity index (χ0v) is 12.2. The number of H-pyrrole nitrogens is 1. The Morgan fingerprint density at radius 3 is 2.95 bits per heavy atom. The number of allylic oxidation sites excluding steroid dienone is 2. The quantitative estimate of drug-likeness (QED) is 0.672. The highest BCUT2D eigenvalue weighted by atomic mass is 16.5. The Labute approximate surface area is 122 Å². The molecule has 108 valence electrons. The molecular formula is C15H16N4O2. The highest BCUT2D eigenvalue weighted by Gasteiger charge is 2.09. The molecule has 0 bridgehead atoms. The van der Waals surface area contributed by atoms with Crippen LogP contribution in [0.5, 0.6) is 5.88 Å². The van der Waals surface area contributed by atoms with Crippen molar-refractivity contribution in [1.29, 1.82) is 5.26 Å². The Kier molecular flexibility index (Phi) is 4.33. The highest BCUT2D eigenvalue weighted by Crippen LogP contribution is 2.19. The van der Waals surface area contributed by atoms with E-state index in [-0.39, 0.29) is 17.5 Å². The van der Waals surface area contributed by atoms with E-state index in [0.717, 1.165) is 5.56 Å². The van der Waals surface area contributed by atoms with Crippen LogP contribution in [0.1, 0.15) is 26.3 Å². The third kappa shape index (κ3) is 3.45. The first kappa shape index (κ1) is 14.7. The van der Waals surface area contributed by atoms with E-state index < -0.39 is 0 Å². The monoisotopic (exact) mass is 284 g/mol. The number of nitrogens with zero attached hydrogens (tertiary/aromatic N) is 3. The maximum atomic E-state index is 11.2. The molecule has 0 saturated heterocycles. The predicted octanol–water partition coefficient (Wildman–Crippen LogP) is 2.33. The summed E-state index contributed by atoms with van der Waals surface area (Å²) in [5.41, 5.74) is 2.34. The second kappa shape index (κ2) is 6.18. The van der Waals surface area contributed by atoms with Gasteiger partial charge in [-0.25, -0.2) is 9.97 Å². The van der Waals surface area contributed by atoms with Crippen LogP contribution in [0.3, 0.4) is 0 Å². The van der Waals surface area contributed by atoms with Crippen LogP contribution in [0.2, 0.25) is 0 Å². The molecule has 0 spiro atoms. The number of hydrogen-bond acceptors (Lipinski definition) is 5. The molecule has 0 aliphatic heterocycles.